The van der Waals surface area contributed by atoms with Crippen LogP contribution >= 0.6 is 0 Å². The Kier molecular flexibility index (Phi) is 1.70. The van der Waals surface area contributed by atoms with Gasteiger partial charge in [-0.2, -0.15) is 0 Å². The molecule has 0 radical (unpaired) electrons. The third-order valence-electron chi connectivity index (χ3n) is 3.29. The van der Waals surface area contributed by atoms with Crippen LogP contribution < -0.4 is 10.6 Å². The molecule has 3 rings (SSSR count). The zero-order valence-electron chi connectivity index (χ0n) is 8.03. The van der Waals surface area contributed by atoms with E-state index in [4.69, 9.17) is 0 Å². The first-order chi connectivity index (χ1) is 6.88. The van der Waals surface area contributed by atoms with Crippen LogP contribution in [0.3, 0.4) is 0 Å². The number of aliphatic imine (C=N–C) groups is 2. The Bertz CT molecular complexity index is 325. The van der Waals surface area contributed by atoms with Gasteiger partial charge in [0.1, 0.15) is 6.17 Å². The van der Waals surface area contributed by atoms with Gasteiger partial charge in [-0.1, -0.05) is 6.42 Å². The summed E-state index contributed by atoms with van der Waals surface area (Å²) in [6.45, 7) is 1.01. The summed E-state index contributed by atoms with van der Waals surface area (Å²) >= 11 is 0. The maximum Gasteiger partial charge on any atom is 0.145 e. The molecule has 0 bridgehead atoms. The Morgan fingerprint density at radius 2 is 2.36 bits per heavy atom. The van der Waals surface area contributed by atoms with E-state index in [1.807, 2.05) is 6.20 Å². The van der Waals surface area contributed by atoms with Gasteiger partial charge >= 0.3 is 0 Å². The Labute approximate surface area is 83.2 Å². The molecule has 1 aliphatic carbocycles. The molecule has 4 heteroatoms. The molecule has 0 aromatic heterocycles. The lowest BCUT2D eigenvalue weighted by molar-refractivity contribution is 0.229. The van der Waals surface area contributed by atoms with Crippen LogP contribution in [0.4, 0.5) is 0 Å². The van der Waals surface area contributed by atoms with E-state index in [1.54, 1.807) is 6.34 Å². The van der Waals surface area contributed by atoms with Crippen molar-refractivity contribution in [1.82, 2.24) is 10.6 Å². The largest absolute Gasteiger partial charge is 0.351 e. The van der Waals surface area contributed by atoms with Gasteiger partial charge in [-0.05, 0) is 12.8 Å². The van der Waals surface area contributed by atoms with Crippen LogP contribution in [0.2, 0.25) is 0 Å². The number of nitrogens with one attached hydrogen (secondary N) is 2. The molecule has 3 aliphatic rings. The van der Waals surface area contributed by atoms with Gasteiger partial charge in [0.05, 0.1) is 12.0 Å². The number of nitrogens with zero attached hydrogens (tertiary/aromatic N) is 2. The van der Waals surface area contributed by atoms with Crippen molar-refractivity contribution in [2.75, 3.05) is 6.54 Å². The summed E-state index contributed by atoms with van der Waals surface area (Å²) in [7, 11) is 0. The highest BCUT2D eigenvalue weighted by Gasteiger charge is 2.37. The predicted octanol–water partition coefficient (Wildman–Crippen LogP) is 0.630. The Morgan fingerprint density at radius 3 is 3.14 bits per heavy atom. The normalized spacial score (nSPS) is 32.6. The van der Waals surface area contributed by atoms with Crippen LogP contribution in [0.15, 0.2) is 21.9 Å². The second-order valence-electron chi connectivity index (χ2n) is 4.27. The maximum atomic E-state index is 4.52. The fraction of sp³-hybridized carbons (Fsp3) is 0.600. The van der Waals surface area contributed by atoms with Crippen molar-refractivity contribution in [2.45, 2.75) is 25.4 Å². The molecule has 1 saturated carbocycles. The van der Waals surface area contributed by atoms with Crippen LogP contribution in [0.5, 0.6) is 0 Å². The van der Waals surface area contributed by atoms with Crippen molar-refractivity contribution >= 4 is 12.6 Å². The Morgan fingerprint density at radius 1 is 1.43 bits per heavy atom. The number of fused-ring (bicyclic) bond motifs is 1. The van der Waals surface area contributed by atoms with E-state index >= 15 is 0 Å². The van der Waals surface area contributed by atoms with E-state index in [9.17, 15) is 0 Å². The minimum Gasteiger partial charge on any atom is -0.351 e. The van der Waals surface area contributed by atoms with Crippen molar-refractivity contribution in [3.63, 3.8) is 0 Å². The molecule has 74 valence electrons. The lowest BCUT2D eigenvalue weighted by atomic mass is 9.70. The van der Waals surface area contributed by atoms with Crippen LogP contribution in [0, 0.1) is 5.41 Å². The molecule has 2 heterocycles. The molecule has 0 amide bonds. The third-order valence-corrected chi connectivity index (χ3v) is 3.29. The van der Waals surface area contributed by atoms with Gasteiger partial charge in [0.25, 0.3) is 0 Å². The summed E-state index contributed by atoms with van der Waals surface area (Å²) in [4.78, 5) is 8.82. The first-order valence-electron chi connectivity index (χ1n) is 5.14. The molecular weight excluding hydrogens is 176 g/mol. The van der Waals surface area contributed by atoms with Gasteiger partial charge in [0, 0.05) is 24.4 Å². The van der Waals surface area contributed by atoms with Crippen LogP contribution in [0.25, 0.3) is 0 Å². The van der Waals surface area contributed by atoms with Crippen molar-refractivity contribution in [2.24, 2.45) is 15.4 Å². The fourth-order valence-electron chi connectivity index (χ4n) is 2.15. The van der Waals surface area contributed by atoms with Crippen LogP contribution in [0.1, 0.15) is 19.3 Å². The number of hydrogen-bond acceptors (Lipinski definition) is 4. The predicted molar refractivity (Wildman–Crippen MR) is 56.3 cm³/mol. The van der Waals surface area contributed by atoms with Crippen molar-refractivity contribution in [3.05, 3.63) is 11.9 Å². The quantitative estimate of drug-likeness (QED) is 0.588. The van der Waals surface area contributed by atoms with Crippen LogP contribution in [-0.4, -0.2) is 25.3 Å². The fourth-order valence-corrected chi connectivity index (χ4v) is 2.15. The Hall–Kier alpha value is -1.16. The van der Waals surface area contributed by atoms with Gasteiger partial charge in [-0.3, -0.25) is 15.3 Å². The molecule has 0 saturated heterocycles. The molecular formula is C10H14N4. The Balaban J connectivity index is 1.86. The monoisotopic (exact) mass is 190 g/mol. The first-order valence-corrected chi connectivity index (χ1v) is 5.14. The van der Waals surface area contributed by atoms with Crippen molar-refractivity contribution in [1.29, 1.82) is 0 Å². The smallest absolute Gasteiger partial charge is 0.145 e. The molecule has 14 heavy (non-hydrogen) atoms. The highest BCUT2D eigenvalue weighted by Crippen LogP contribution is 2.40. The first kappa shape index (κ1) is 8.17. The SMILES string of the molecule is C1=NC2=CNC=NC2NCC12CCC2. The van der Waals surface area contributed by atoms with Crippen molar-refractivity contribution in [3.8, 4) is 0 Å². The summed E-state index contributed by atoms with van der Waals surface area (Å²) in [5, 5.41) is 6.41. The minimum absolute atomic E-state index is 0.0625. The molecule has 2 N–H and O–H groups in total. The van der Waals surface area contributed by atoms with Crippen molar-refractivity contribution < 1.29 is 0 Å². The van der Waals surface area contributed by atoms with E-state index in [1.165, 1.54) is 19.3 Å². The molecule has 1 fully saturated rings. The third kappa shape index (κ3) is 1.18. The standard InChI is InChI=1S/C10H14N4/c1-2-10(3-1)5-12-8-4-11-7-14-9(8)13-6-10/h4-5,7,9,13H,1-3,6H2,(H,11,14). The number of hydrogen-bond donors (Lipinski definition) is 2. The van der Waals surface area contributed by atoms with Gasteiger partial charge in [0.2, 0.25) is 0 Å². The molecule has 1 spiro atoms. The number of rotatable bonds is 0. The molecule has 2 aliphatic heterocycles. The zero-order chi connectivity index (χ0) is 9.43. The average Bonchev–Trinajstić information content (AvgIpc) is 2.36. The minimum atomic E-state index is 0.0625. The summed E-state index contributed by atoms with van der Waals surface area (Å²) in [5.41, 5.74) is 1.32. The summed E-state index contributed by atoms with van der Waals surface area (Å²) in [6, 6.07) is 0. The topological polar surface area (TPSA) is 48.8 Å². The summed E-state index contributed by atoms with van der Waals surface area (Å²) in [6.07, 6.45) is 9.68. The highest BCUT2D eigenvalue weighted by atomic mass is 15.2. The molecule has 4 nitrogen and oxygen atoms in total. The second kappa shape index (κ2) is 2.92. The van der Waals surface area contributed by atoms with Crippen LogP contribution in [-0.2, 0) is 0 Å². The lowest BCUT2D eigenvalue weighted by Crippen LogP contribution is -2.43. The molecule has 0 aromatic rings. The molecule has 1 atom stereocenters. The highest BCUT2D eigenvalue weighted by molar-refractivity contribution is 5.70. The summed E-state index contributed by atoms with van der Waals surface area (Å²) < 4.78 is 0. The van der Waals surface area contributed by atoms with E-state index in [2.05, 4.69) is 26.8 Å². The molecule has 1 unspecified atom stereocenters. The zero-order valence-corrected chi connectivity index (χ0v) is 8.03. The van der Waals surface area contributed by atoms with Gasteiger partial charge in [-0.15, -0.1) is 0 Å². The van der Waals surface area contributed by atoms with E-state index in [0.717, 1.165) is 12.2 Å². The lowest BCUT2D eigenvalue weighted by Gasteiger charge is -2.37. The van der Waals surface area contributed by atoms with Gasteiger partial charge in [0.15, 0.2) is 0 Å². The van der Waals surface area contributed by atoms with E-state index in [-0.39, 0.29) is 6.17 Å². The maximum absolute atomic E-state index is 4.52. The average molecular weight is 190 g/mol. The second-order valence-corrected chi connectivity index (χ2v) is 4.27. The van der Waals surface area contributed by atoms with Gasteiger partial charge in [-0.25, -0.2) is 0 Å². The molecule has 0 aromatic carbocycles. The van der Waals surface area contributed by atoms with E-state index in [0.29, 0.717) is 5.41 Å². The van der Waals surface area contributed by atoms with Gasteiger partial charge < -0.3 is 5.32 Å². The summed E-state index contributed by atoms with van der Waals surface area (Å²) in [5.74, 6) is 0. The van der Waals surface area contributed by atoms with E-state index < -0.39 is 0 Å².